The van der Waals surface area contributed by atoms with Crippen molar-refractivity contribution in [3.63, 3.8) is 0 Å². The molecule has 1 saturated carbocycles. The molecule has 20 heavy (non-hydrogen) atoms. The van der Waals surface area contributed by atoms with E-state index in [4.69, 9.17) is 0 Å². The zero-order valence-electron chi connectivity index (χ0n) is 12.0. The van der Waals surface area contributed by atoms with Crippen molar-refractivity contribution in [2.24, 2.45) is 0 Å². The maximum Gasteiger partial charge on any atom is 0.242 e. The van der Waals surface area contributed by atoms with E-state index in [0.717, 1.165) is 13.0 Å². The Morgan fingerprint density at radius 1 is 1.30 bits per heavy atom. The zero-order valence-corrected chi connectivity index (χ0v) is 13.6. The fourth-order valence-electron chi connectivity index (χ4n) is 2.01. The maximum atomic E-state index is 12.3. The number of benzene rings is 1. The van der Waals surface area contributed by atoms with Crippen molar-refractivity contribution in [2.45, 2.75) is 35.8 Å². The van der Waals surface area contributed by atoms with Crippen LogP contribution in [0.25, 0.3) is 0 Å². The van der Waals surface area contributed by atoms with Crippen LogP contribution in [-0.2, 0) is 10.0 Å². The molecule has 1 fully saturated rings. The molecule has 0 aromatic heterocycles. The van der Waals surface area contributed by atoms with Crippen molar-refractivity contribution in [3.8, 4) is 0 Å². The number of rotatable bonds is 8. The number of hydrogen-bond acceptors (Lipinski definition) is 4. The second-order valence-electron chi connectivity index (χ2n) is 5.13. The summed E-state index contributed by atoms with van der Waals surface area (Å²) in [6.07, 6.45) is 5.29. The molecule has 0 radical (unpaired) electrons. The molecule has 0 heterocycles. The van der Waals surface area contributed by atoms with Crippen molar-refractivity contribution >= 4 is 27.5 Å². The van der Waals surface area contributed by atoms with E-state index in [9.17, 15) is 8.42 Å². The summed E-state index contributed by atoms with van der Waals surface area (Å²) in [4.78, 5) is 0.338. The van der Waals surface area contributed by atoms with Crippen molar-refractivity contribution in [1.29, 1.82) is 0 Å². The predicted molar refractivity (Wildman–Crippen MR) is 85.9 cm³/mol. The lowest BCUT2D eigenvalue weighted by Gasteiger charge is -2.17. The van der Waals surface area contributed by atoms with Crippen LogP contribution in [-0.4, -0.2) is 32.5 Å². The molecule has 0 atom stereocenters. The van der Waals surface area contributed by atoms with E-state index in [-0.39, 0.29) is 0 Å². The lowest BCUT2D eigenvalue weighted by molar-refractivity contribution is 0.581. The Labute approximate surface area is 125 Å². The van der Waals surface area contributed by atoms with Crippen molar-refractivity contribution in [3.05, 3.63) is 24.3 Å². The van der Waals surface area contributed by atoms with Gasteiger partial charge in [0.05, 0.1) is 5.69 Å². The van der Waals surface area contributed by atoms with Gasteiger partial charge in [0, 0.05) is 17.8 Å². The molecule has 2 rings (SSSR count). The van der Waals surface area contributed by atoms with Crippen LogP contribution in [0.4, 0.5) is 5.69 Å². The number of hydrogen-bond donors (Lipinski definition) is 2. The van der Waals surface area contributed by atoms with E-state index in [1.807, 2.05) is 30.8 Å². The summed E-state index contributed by atoms with van der Waals surface area (Å²) in [6, 6.07) is 7.10. The first kappa shape index (κ1) is 15.7. The molecule has 0 aliphatic heterocycles. The van der Waals surface area contributed by atoms with Gasteiger partial charge in [-0.15, -0.1) is 0 Å². The molecule has 6 heteroatoms. The lowest BCUT2D eigenvalue weighted by Crippen LogP contribution is -2.26. The van der Waals surface area contributed by atoms with Crippen molar-refractivity contribution in [1.82, 2.24) is 4.72 Å². The molecule has 0 saturated heterocycles. The molecule has 1 aromatic rings. The molecule has 1 aliphatic carbocycles. The molecular weight excluding hydrogens is 292 g/mol. The third-order valence-corrected chi connectivity index (χ3v) is 6.50. The highest BCUT2D eigenvalue weighted by Crippen LogP contribution is 2.47. The van der Waals surface area contributed by atoms with Crippen LogP contribution in [0.3, 0.4) is 0 Å². The number of nitrogens with one attached hydrogen (secondary N) is 2. The molecule has 1 aromatic carbocycles. The van der Waals surface area contributed by atoms with Crippen LogP contribution < -0.4 is 10.0 Å². The molecule has 0 unspecified atom stereocenters. The van der Waals surface area contributed by atoms with Gasteiger partial charge in [-0.25, -0.2) is 13.1 Å². The summed E-state index contributed by atoms with van der Waals surface area (Å²) in [6.45, 7) is 3.22. The van der Waals surface area contributed by atoms with E-state index in [1.165, 1.54) is 12.8 Å². The minimum atomic E-state index is -3.43. The van der Waals surface area contributed by atoms with E-state index in [0.29, 0.717) is 21.9 Å². The number of para-hydroxylation sites is 1. The van der Waals surface area contributed by atoms with Gasteiger partial charge < -0.3 is 5.32 Å². The highest BCUT2D eigenvalue weighted by Gasteiger charge is 2.41. The van der Waals surface area contributed by atoms with E-state index < -0.39 is 10.0 Å². The Morgan fingerprint density at radius 2 is 2.00 bits per heavy atom. The maximum absolute atomic E-state index is 12.3. The standard InChI is InChI=1S/C14H22N2O2S2/c1-3-10-16-20(17,18)13-7-5-4-6-12(13)15-11-14(19-2)8-9-14/h4-7,15-16H,3,8-11H2,1-2H3. The number of anilines is 1. The first-order valence-corrected chi connectivity index (χ1v) is 9.61. The van der Waals surface area contributed by atoms with Crippen LogP contribution in [0.1, 0.15) is 26.2 Å². The highest BCUT2D eigenvalue weighted by molar-refractivity contribution is 8.00. The molecule has 0 amide bonds. The van der Waals surface area contributed by atoms with Gasteiger partial charge in [0.25, 0.3) is 0 Å². The topological polar surface area (TPSA) is 58.2 Å². The van der Waals surface area contributed by atoms with Gasteiger partial charge in [-0.3, -0.25) is 0 Å². The minimum absolute atomic E-state index is 0.299. The first-order valence-electron chi connectivity index (χ1n) is 6.91. The summed E-state index contributed by atoms with van der Waals surface area (Å²) in [5, 5.41) is 3.31. The Bertz CT molecular complexity index is 554. The second-order valence-corrected chi connectivity index (χ2v) is 8.14. The van der Waals surface area contributed by atoms with Gasteiger partial charge in [0.1, 0.15) is 4.90 Å². The highest BCUT2D eigenvalue weighted by atomic mass is 32.2. The number of thioether (sulfide) groups is 1. The van der Waals surface area contributed by atoms with Gasteiger partial charge in [-0.2, -0.15) is 11.8 Å². The van der Waals surface area contributed by atoms with Crippen LogP contribution >= 0.6 is 11.8 Å². The van der Waals surface area contributed by atoms with E-state index >= 15 is 0 Å². The summed E-state index contributed by atoms with van der Waals surface area (Å²) in [5.41, 5.74) is 0.691. The summed E-state index contributed by atoms with van der Waals surface area (Å²) in [7, 11) is -3.43. The monoisotopic (exact) mass is 314 g/mol. The Kier molecular flexibility index (Phi) is 4.99. The fraction of sp³-hybridized carbons (Fsp3) is 0.571. The smallest absolute Gasteiger partial charge is 0.242 e. The predicted octanol–water partition coefficient (Wildman–Crippen LogP) is 2.68. The third-order valence-electron chi connectivity index (χ3n) is 3.56. The van der Waals surface area contributed by atoms with E-state index in [1.54, 1.807) is 12.1 Å². The van der Waals surface area contributed by atoms with Crippen LogP contribution in [0.2, 0.25) is 0 Å². The third kappa shape index (κ3) is 3.68. The van der Waals surface area contributed by atoms with Crippen LogP contribution in [0.15, 0.2) is 29.2 Å². The van der Waals surface area contributed by atoms with Gasteiger partial charge >= 0.3 is 0 Å². The van der Waals surface area contributed by atoms with E-state index in [2.05, 4.69) is 16.3 Å². The quantitative estimate of drug-likeness (QED) is 0.774. The lowest BCUT2D eigenvalue weighted by atomic mass is 10.3. The van der Waals surface area contributed by atoms with Gasteiger partial charge in [0.2, 0.25) is 10.0 Å². The summed E-state index contributed by atoms with van der Waals surface area (Å²) >= 11 is 1.86. The normalized spacial score (nSPS) is 16.9. The fourth-order valence-corrected chi connectivity index (χ4v) is 4.05. The average Bonchev–Trinajstić information content (AvgIpc) is 3.24. The van der Waals surface area contributed by atoms with Crippen molar-refractivity contribution in [2.75, 3.05) is 24.7 Å². The zero-order chi connectivity index (χ0) is 14.6. The van der Waals surface area contributed by atoms with Gasteiger partial charge in [0.15, 0.2) is 0 Å². The molecule has 2 N–H and O–H groups in total. The molecule has 1 aliphatic rings. The molecule has 0 bridgehead atoms. The second kappa shape index (κ2) is 6.37. The summed E-state index contributed by atoms with van der Waals surface area (Å²) < 4.78 is 27.4. The molecule has 112 valence electrons. The average molecular weight is 314 g/mol. The SMILES string of the molecule is CCCNS(=O)(=O)c1ccccc1NCC1(SC)CC1. The van der Waals surface area contributed by atoms with Crippen LogP contribution in [0, 0.1) is 0 Å². The largest absolute Gasteiger partial charge is 0.383 e. The Hall–Kier alpha value is -0.720. The van der Waals surface area contributed by atoms with Crippen molar-refractivity contribution < 1.29 is 8.42 Å². The van der Waals surface area contributed by atoms with Crippen LogP contribution in [0.5, 0.6) is 0 Å². The molecule has 0 spiro atoms. The Balaban J connectivity index is 2.13. The summed E-state index contributed by atoms with van der Waals surface area (Å²) in [5.74, 6) is 0. The van der Waals surface area contributed by atoms with Gasteiger partial charge in [-0.1, -0.05) is 19.1 Å². The molecular formula is C14H22N2O2S2. The van der Waals surface area contributed by atoms with Gasteiger partial charge in [-0.05, 0) is 37.7 Å². The minimum Gasteiger partial charge on any atom is -0.383 e. The molecule has 4 nitrogen and oxygen atoms in total. The Morgan fingerprint density at radius 3 is 2.60 bits per heavy atom. The number of sulfonamides is 1. The first-order chi connectivity index (χ1) is 9.53.